The molecule has 1 heterocycles. The lowest BCUT2D eigenvalue weighted by Crippen LogP contribution is -2.45. The molecule has 0 unspecified atom stereocenters. The van der Waals surface area contributed by atoms with Crippen molar-refractivity contribution in [3.63, 3.8) is 0 Å². The number of hydrogen-bond donors (Lipinski definition) is 3. The van der Waals surface area contributed by atoms with Gasteiger partial charge in [0.15, 0.2) is 0 Å². The molecular weight excluding hydrogens is 270 g/mol. The minimum atomic E-state index is -1.04. The van der Waals surface area contributed by atoms with Crippen LogP contribution < -0.4 is 10.6 Å². The van der Waals surface area contributed by atoms with E-state index in [4.69, 9.17) is 5.11 Å². The van der Waals surface area contributed by atoms with Crippen molar-refractivity contribution in [2.75, 3.05) is 0 Å². The number of nitrogens with one attached hydrogen (secondary N) is 2. The van der Waals surface area contributed by atoms with E-state index in [0.717, 1.165) is 16.5 Å². The molecule has 1 aromatic carbocycles. The molecule has 0 saturated heterocycles. The maximum Gasteiger partial charge on any atom is 0.326 e. The van der Waals surface area contributed by atoms with Crippen LogP contribution in [0.4, 0.5) is 4.79 Å². The fourth-order valence-corrected chi connectivity index (χ4v) is 2.03. The number of rotatable bonds is 5. The standard InChI is InChI=1S/C15H17N3O3/c1-2-12(14(19)20)18-15(21)17-9-11-6-3-5-10-7-4-8-16-13(10)11/h3-8,12H,2,9H2,1H3,(H,19,20)(H2,17,18,21)/t12-/m1/s1. The van der Waals surface area contributed by atoms with Crippen LogP contribution >= 0.6 is 0 Å². The summed E-state index contributed by atoms with van der Waals surface area (Å²) >= 11 is 0. The summed E-state index contributed by atoms with van der Waals surface area (Å²) < 4.78 is 0. The molecular formula is C15H17N3O3. The second kappa shape index (κ2) is 6.69. The maximum atomic E-state index is 11.7. The summed E-state index contributed by atoms with van der Waals surface area (Å²) in [6, 6.07) is 8.14. The van der Waals surface area contributed by atoms with Crippen molar-refractivity contribution in [1.29, 1.82) is 0 Å². The van der Waals surface area contributed by atoms with Crippen LogP contribution in [0.3, 0.4) is 0 Å². The highest BCUT2D eigenvalue weighted by molar-refractivity contribution is 5.84. The van der Waals surface area contributed by atoms with Gasteiger partial charge in [-0.25, -0.2) is 9.59 Å². The molecule has 2 amide bonds. The average Bonchev–Trinajstić information content (AvgIpc) is 2.50. The second-order valence-electron chi connectivity index (χ2n) is 4.62. The number of pyridine rings is 1. The lowest BCUT2D eigenvalue weighted by molar-refractivity contribution is -0.139. The monoisotopic (exact) mass is 287 g/mol. The fraction of sp³-hybridized carbons (Fsp3) is 0.267. The van der Waals surface area contributed by atoms with Gasteiger partial charge in [0.25, 0.3) is 0 Å². The van der Waals surface area contributed by atoms with Crippen LogP contribution in [0.2, 0.25) is 0 Å². The zero-order chi connectivity index (χ0) is 15.2. The summed E-state index contributed by atoms with van der Waals surface area (Å²) in [6.45, 7) is 1.99. The van der Waals surface area contributed by atoms with E-state index >= 15 is 0 Å². The first-order valence-corrected chi connectivity index (χ1v) is 6.71. The number of nitrogens with zero attached hydrogens (tertiary/aromatic N) is 1. The summed E-state index contributed by atoms with van der Waals surface area (Å²) in [7, 11) is 0. The van der Waals surface area contributed by atoms with Crippen molar-refractivity contribution < 1.29 is 14.7 Å². The Morgan fingerprint density at radius 1 is 1.29 bits per heavy atom. The Hall–Kier alpha value is -2.63. The number of urea groups is 1. The normalized spacial score (nSPS) is 11.9. The van der Waals surface area contributed by atoms with E-state index < -0.39 is 18.0 Å². The van der Waals surface area contributed by atoms with Crippen molar-refractivity contribution in [1.82, 2.24) is 15.6 Å². The van der Waals surface area contributed by atoms with Gasteiger partial charge < -0.3 is 15.7 Å². The van der Waals surface area contributed by atoms with Gasteiger partial charge in [0, 0.05) is 18.1 Å². The van der Waals surface area contributed by atoms with Gasteiger partial charge in [-0.3, -0.25) is 4.98 Å². The maximum absolute atomic E-state index is 11.7. The first-order chi connectivity index (χ1) is 10.1. The van der Waals surface area contributed by atoms with E-state index in [1.54, 1.807) is 13.1 Å². The lowest BCUT2D eigenvalue weighted by atomic mass is 10.1. The number of aromatic nitrogens is 1. The first kappa shape index (κ1) is 14.8. The van der Waals surface area contributed by atoms with Crippen LogP contribution in [0.25, 0.3) is 10.9 Å². The molecule has 0 spiro atoms. The van der Waals surface area contributed by atoms with Crippen LogP contribution in [-0.4, -0.2) is 28.1 Å². The highest BCUT2D eigenvalue weighted by atomic mass is 16.4. The molecule has 2 aromatic rings. The topological polar surface area (TPSA) is 91.3 Å². The van der Waals surface area contributed by atoms with Gasteiger partial charge in [0.1, 0.15) is 6.04 Å². The quantitative estimate of drug-likeness (QED) is 0.783. The summed E-state index contributed by atoms with van der Waals surface area (Å²) in [5.41, 5.74) is 1.71. The number of fused-ring (bicyclic) bond motifs is 1. The average molecular weight is 287 g/mol. The molecule has 0 saturated carbocycles. The predicted molar refractivity (Wildman–Crippen MR) is 78.8 cm³/mol. The van der Waals surface area contributed by atoms with E-state index in [1.165, 1.54) is 0 Å². The van der Waals surface area contributed by atoms with Gasteiger partial charge in [0.2, 0.25) is 0 Å². The third kappa shape index (κ3) is 3.68. The summed E-state index contributed by atoms with van der Waals surface area (Å²) in [6.07, 6.45) is 2.03. The lowest BCUT2D eigenvalue weighted by Gasteiger charge is -2.13. The van der Waals surface area contributed by atoms with Gasteiger partial charge in [-0.2, -0.15) is 0 Å². The van der Waals surface area contributed by atoms with Crippen LogP contribution in [0.5, 0.6) is 0 Å². The highest BCUT2D eigenvalue weighted by Crippen LogP contribution is 2.15. The number of carbonyl (C=O) groups is 2. The van der Waals surface area contributed by atoms with Gasteiger partial charge in [-0.1, -0.05) is 31.2 Å². The van der Waals surface area contributed by atoms with Gasteiger partial charge >= 0.3 is 12.0 Å². The molecule has 0 aliphatic rings. The highest BCUT2D eigenvalue weighted by Gasteiger charge is 2.17. The number of carbonyl (C=O) groups excluding carboxylic acids is 1. The van der Waals surface area contributed by atoms with E-state index in [0.29, 0.717) is 6.42 Å². The molecule has 6 nitrogen and oxygen atoms in total. The molecule has 0 aliphatic carbocycles. The van der Waals surface area contributed by atoms with Crippen LogP contribution in [0.1, 0.15) is 18.9 Å². The largest absolute Gasteiger partial charge is 0.480 e. The molecule has 6 heteroatoms. The van der Waals surface area contributed by atoms with Crippen LogP contribution in [0.15, 0.2) is 36.5 Å². The van der Waals surface area contributed by atoms with E-state index in [-0.39, 0.29) is 6.54 Å². The van der Waals surface area contributed by atoms with Gasteiger partial charge in [0.05, 0.1) is 5.52 Å². The fourth-order valence-electron chi connectivity index (χ4n) is 2.03. The zero-order valence-electron chi connectivity index (χ0n) is 11.7. The number of para-hydroxylation sites is 1. The molecule has 0 bridgehead atoms. The number of amides is 2. The molecule has 0 radical (unpaired) electrons. The minimum Gasteiger partial charge on any atom is -0.480 e. The zero-order valence-corrected chi connectivity index (χ0v) is 11.7. The second-order valence-corrected chi connectivity index (χ2v) is 4.62. The molecule has 110 valence electrons. The third-order valence-electron chi connectivity index (χ3n) is 3.17. The molecule has 0 fully saturated rings. The number of carboxylic acids is 1. The van der Waals surface area contributed by atoms with Crippen molar-refractivity contribution >= 4 is 22.9 Å². The van der Waals surface area contributed by atoms with E-state index in [1.807, 2.05) is 30.3 Å². The predicted octanol–water partition coefficient (Wildman–Crippen LogP) is 1.90. The Balaban J connectivity index is 2.02. The summed E-state index contributed by atoms with van der Waals surface area (Å²) in [5.74, 6) is -1.04. The van der Waals surface area contributed by atoms with Crippen molar-refractivity contribution in [2.24, 2.45) is 0 Å². The third-order valence-corrected chi connectivity index (χ3v) is 3.17. The summed E-state index contributed by atoms with van der Waals surface area (Å²) in [4.78, 5) is 26.9. The Kier molecular flexibility index (Phi) is 4.71. The smallest absolute Gasteiger partial charge is 0.326 e. The van der Waals surface area contributed by atoms with Crippen molar-refractivity contribution in [3.8, 4) is 0 Å². The molecule has 1 atom stereocenters. The number of hydrogen-bond acceptors (Lipinski definition) is 3. The molecule has 0 aliphatic heterocycles. The molecule has 2 rings (SSSR count). The Bertz CT molecular complexity index is 652. The molecule has 3 N–H and O–H groups in total. The SMILES string of the molecule is CC[C@@H](NC(=O)NCc1cccc2cccnc12)C(=O)O. The van der Waals surface area contributed by atoms with E-state index in [9.17, 15) is 9.59 Å². The summed E-state index contributed by atoms with van der Waals surface area (Å²) in [5, 5.41) is 15.0. The Morgan fingerprint density at radius 3 is 2.76 bits per heavy atom. The van der Waals surface area contributed by atoms with Crippen molar-refractivity contribution in [3.05, 3.63) is 42.1 Å². The van der Waals surface area contributed by atoms with E-state index in [2.05, 4.69) is 15.6 Å². The van der Waals surface area contributed by atoms with Gasteiger partial charge in [-0.05, 0) is 18.1 Å². The number of carboxylic acid groups (broad SMARTS) is 1. The van der Waals surface area contributed by atoms with Crippen LogP contribution in [-0.2, 0) is 11.3 Å². The Morgan fingerprint density at radius 2 is 2.05 bits per heavy atom. The van der Waals surface area contributed by atoms with Crippen LogP contribution in [0, 0.1) is 0 Å². The number of aliphatic carboxylic acids is 1. The Labute approximate surface area is 122 Å². The molecule has 21 heavy (non-hydrogen) atoms. The first-order valence-electron chi connectivity index (χ1n) is 6.71. The number of benzene rings is 1. The molecule has 1 aromatic heterocycles. The van der Waals surface area contributed by atoms with Gasteiger partial charge in [-0.15, -0.1) is 0 Å². The van der Waals surface area contributed by atoms with Crippen molar-refractivity contribution in [2.45, 2.75) is 25.9 Å². The minimum absolute atomic E-state index is 0.288.